The molecule has 28 heavy (non-hydrogen) atoms. The molecule has 0 aliphatic carbocycles. The second-order valence-electron chi connectivity index (χ2n) is 7.54. The van der Waals surface area contributed by atoms with E-state index < -0.39 is 0 Å². The molecule has 0 radical (unpaired) electrons. The maximum absolute atomic E-state index is 14.2. The summed E-state index contributed by atoms with van der Waals surface area (Å²) in [5, 5.41) is 4.62. The summed E-state index contributed by atoms with van der Waals surface area (Å²) in [6.07, 6.45) is 3.50. The Bertz CT molecular complexity index is 987. The Balaban J connectivity index is 1.41. The molecule has 4 rings (SSSR count). The summed E-state index contributed by atoms with van der Waals surface area (Å²) in [6, 6.07) is 17.4. The van der Waals surface area contributed by atoms with E-state index >= 15 is 0 Å². The minimum absolute atomic E-state index is 0.278. The van der Waals surface area contributed by atoms with Crippen molar-refractivity contribution in [2.24, 2.45) is 13.0 Å². The topological polar surface area (TPSA) is 26.0 Å². The lowest BCUT2D eigenvalue weighted by atomic mass is 9.90. The van der Waals surface area contributed by atoms with Gasteiger partial charge in [0.15, 0.2) is 10.6 Å². The molecule has 1 aliphatic heterocycles. The highest BCUT2D eigenvalue weighted by molar-refractivity contribution is 7.71. The summed E-state index contributed by atoms with van der Waals surface area (Å²) in [5.41, 5.74) is 1.90. The molecular formula is C22H25FN4S. The largest absolute Gasteiger partial charge is 0.303 e. The van der Waals surface area contributed by atoms with Crippen LogP contribution in [-0.4, -0.2) is 32.3 Å². The van der Waals surface area contributed by atoms with Crippen molar-refractivity contribution < 1.29 is 4.39 Å². The van der Waals surface area contributed by atoms with Crippen LogP contribution in [0.4, 0.5) is 4.39 Å². The van der Waals surface area contributed by atoms with Gasteiger partial charge in [-0.15, -0.1) is 0 Å². The molecule has 4 nitrogen and oxygen atoms in total. The van der Waals surface area contributed by atoms with Gasteiger partial charge in [0, 0.05) is 20.1 Å². The summed E-state index contributed by atoms with van der Waals surface area (Å²) in [7, 11) is 1.85. The van der Waals surface area contributed by atoms with E-state index in [1.807, 2.05) is 17.8 Å². The van der Waals surface area contributed by atoms with Gasteiger partial charge in [0.2, 0.25) is 0 Å². The van der Waals surface area contributed by atoms with Crippen molar-refractivity contribution in [3.8, 4) is 11.4 Å². The molecule has 146 valence electrons. The van der Waals surface area contributed by atoms with Crippen LogP contribution >= 0.6 is 12.2 Å². The highest BCUT2D eigenvalue weighted by Gasteiger charge is 2.21. The van der Waals surface area contributed by atoms with E-state index in [0.717, 1.165) is 25.4 Å². The van der Waals surface area contributed by atoms with Crippen molar-refractivity contribution in [1.29, 1.82) is 0 Å². The first-order valence-electron chi connectivity index (χ1n) is 9.77. The third-order valence-corrected chi connectivity index (χ3v) is 6.05. The number of rotatable bonds is 5. The highest BCUT2D eigenvalue weighted by Crippen LogP contribution is 2.23. The maximum Gasteiger partial charge on any atom is 0.199 e. The predicted octanol–water partition coefficient (Wildman–Crippen LogP) is 4.67. The van der Waals surface area contributed by atoms with Crippen molar-refractivity contribution in [3.05, 3.63) is 70.7 Å². The Morgan fingerprint density at radius 3 is 2.43 bits per heavy atom. The third-order valence-electron chi connectivity index (χ3n) is 5.56. The highest BCUT2D eigenvalue weighted by atomic mass is 32.1. The van der Waals surface area contributed by atoms with Gasteiger partial charge in [0.1, 0.15) is 5.82 Å². The number of likely N-dealkylation sites (tertiary alicyclic amines) is 1. The molecule has 1 fully saturated rings. The number of nitrogens with zero attached hydrogens (tertiary/aromatic N) is 4. The fraction of sp³-hybridized carbons (Fsp3) is 0.364. The van der Waals surface area contributed by atoms with Gasteiger partial charge in [-0.25, -0.2) is 9.07 Å². The monoisotopic (exact) mass is 396 g/mol. The molecule has 2 heterocycles. The van der Waals surface area contributed by atoms with Crippen LogP contribution in [0.2, 0.25) is 0 Å². The lowest BCUT2D eigenvalue weighted by Gasteiger charge is -2.31. The maximum atomic E-state index is 14.2. The van der Waals surface area contributed by atoms with E-state index in [4.69, 9.17) is 12.2 Å². The first kappa shape index (κ1) is 19.0. The molecule has 3 aromatic rings. The number of benzene rings is 2. The van der Waals surface area contributed by atoms with Crippen LogP contribution in [0.3, 0.4) is 0 Å². The summed E-state index contributed by atoms with van der Waals surface area (Å²) >= 11 is 5.55. The predicted molar refractivity (Wildman–Crippen MR) is 112 cm³/mol. The van der Waals surface area contributed by atoms with E-state index in [2.05, 4.69) is 40.3 Å². The molecule has 0 bridgehead atoms. The zero-order valence-corrected chi connectivity index (χ0v) is 16.9. The zero-order valence-electron chi connectivity index (χ0n) is 16.1. The van der Waals surface area contributed by atoms with Crippen molar-refractivity contribution in [2.45, 2.75) is 25.9 Å². The minimum atomic E-state index is -0.278. The minimum Gasteiger partial charge on any atom is -0.303 e. The first-order chi connectivity index (χ1) is 13.6. The molecule has 1 aliphatic rings. The van der Waals surface area contributed by atoms with Gasteiger partial charge in [0.05, 0.1) is 12.2 Å². The van der Waals surface area contributed by atoms with Gasteiger partial charge in [-0.1, -0.05) is 42.5 Å². The first-order valence-corrected chi connectivity index (χ1v) is 10.2. The standard InChI is InChI=1S/C22H25FN4S/c1-25-21(19-9-5-6-10-20(19)23)24-27(22(25)28)16-26-13-11-18(12-14-26)15-17-7-3-2-4-8-17/h2-10,18H,11-16H2,1H3. The van der Waals surface area contributed by atoms with Crippen LogP contribution in [0, 0.1) is 16.5 Å². The van der Waals surface area contributed by atoms with Crippen LogP contribution < -0.4 is 0 Å². The summed E-state index contributed by atoms with van der Waals surface area (Å²) in [5.74, 6) is 1.02. The average molecular weight is 397 g/mol. The van der Waals surface area contributed by atoms with E-state index in [9.17, 15) is 4.39 Å². The third kappa shape index (κ3) is 4.08. The lowest BCUT2D eigenvalue weighted by Crippen LogP contribution is -2.36. The fourth-order valence-corrected chi connectivity index (χ4v) is 4.11. The summed E-state index contributed by atoms with van der Waals surface area (Å²) in [4.78, 5) is 2.38. The summed E-state index contributed by atoms with van der Waals surface area (Å²) < 4.78 is 18.4. The van der Waals surface area contributed by atoms with Crippen LogP contribution in [-0.2, 0) is 20.1 Å². The van der Waals surface area contributed by atoms with Gasteiger partial charge in [-0.2, -0.15) is 5.10 Å². The van der Waals surface area contributed by atoms with Crippen LogP contribution in [0.5, 0.6) is 0 Å². The Labute approximate surface area is 170 Å². The number of halogens is 1. The molecule has 6 heteroatoms. The van der Waals surface area contributed by atoms with Gasteiger partial charge >= 0.3 is 0 Å². The van der Waals surface area contributed by atoms with E-state index in [1.165, 1.54) is 24.5 Å². The van der Waals surface area contributed by atoms with Gasteiger partial charge in [-0.3, -0.25) is 4.90 Å². The molecular weight excluding hydrogens is 371 g/mol. The Kier molecular flexibility index (Phi) is 5.69. The Morgan fingerprint density at radius 2 is 1.71 bits per heavy atom. The smallest absolute Gasteiger partial charge is 0.199 e. The quantitative estimate of drug-likeness (QED) is 0.586. The molecule has 0 amide bonds. The Morgan fingerprint density at radius 1 is 1.04 bits per heavy atom. The number of piperidine rings is 1. The van der Waals surface area contributed by atoms with Crippen molar-refractivity contribution in [3.63, 3.8) is 0 Å². The van der Waals surface area contributed by atoms with E-state index in [0.29, 0.717) is 22.8 Å². The number of hydrogen-bond acceptors (Lipinski definition) is 3. The molecule has 1 saturated heterocycles. The fourth-order valence-electron chi connectivity index (χ4n) is 3.93. The van der Waals surface area contributed by atoms with Crippen LogP contribution in [0.15, 0.2) is 54.6 Å². The van der Waals surface area contributed by atoms with Crippen molar-refractivity contribution in [1.82, 2.24) is 19.2 Å². The van der Waals surface area contributed by atoms with Crippen LogP contribution in [0.25, 0.3) is 11.4 Å². The molecule has 0 saturated carbocycles. The average Bonchev–Trinajstić information content (AvgIpc) is 2.99. The van der Waals surface area contributed by atoms with Crippen molar-refractivity contribution >= 4 is 12.2 Å². The second-order valence-corrected chi connectivity index (χ2v) is 7.90. The number of hydrogen-bond donors (Lipinski definition) is 0. The molecule has 0 N–H and O–H groups in total. The lowest BCUT2D eigenvalue weighted by molar-refractivity contribution is 0.140. The molecule has 0 spiro atoms. The normalized spacial score (nSPS) is 15.8. The van der Waals surface area contributed by atoms with E-state index in [1.54, 1.807) is 16.7 Å². The molecule has 0 atom stereocenters. The van der Waals surface area contributed by atoms with Gasteiger partial charge < -0.3 is 4.57 Å². The SMILES string of the molecule is Cn1c(-c2ccccc2F)nn(CN2CCC(Cc3ccccc3)CC2)c1=S. The van der Waals surface area contributed by atoms with Gasteiger partial charge in [0.25, 0.3) is 0 Å². The second kappa shape index (κ2) is 8.37. The van der Waals surface area contributed by atoms with Crippen molar-refractivity contribution in [2.75, 3.05) is 13.1 Å². The zero-order chi connectivity index (χ0) is 19.5. The summed E-state index contributed by atoms with van der Waals surface area (Å²) in [6.45, 7) is 2.72. The molecule has 1 aromatic heterocycles. The Hall–Kier alpha value is -2.31. The van der Waals surface area contributed by atoms with Crippen LogP contribution in [0.1, 0.15) is 18.4 Å². The number of aromatic nitrogens is 3. The van der Waals surface area contributed by atoms with E-state index in [-0.39, 0.29) is 5.82 Å². The molecule has 0 unspecified atom stereocenters. The van der Waals surface area contributed by atoms with Gasteiger partial charge in [-0.05, 0) is 55.1 Å². The molecule has 2 aromatic carbocycles.